The second kappa shape index (κ2) is 9.03. The normalized spacial score (nSPS) is 18.3. The number of hydrogen-bond acceptors (Lipinski definition) is 4. The summed E-state index contributed by atoms with van der Waals surface area (Å²) in [7, 11) is 1.90. The molecule has 1 aliphatic heterocycles. The fourth-order valence-electron chi connectivity index (χ4n) is 3.07. The molecule has 1 fully saturated rings. The van der Waals surface area contributed by atoms with Crippen molar-refractivity contribution in [2.24, 2.45) is 5.92 Å². The van der Waals surface area contributed by atoms with Crippen LogP contribution >= 0.6 is 0 Å². The lowest BCUT2D eigenvalue weighted by molar-refractivity contribution is -0.111. The summed E-state index contributed by atoms with van der Waals surface area (Å²) in [6.45, 7) is 9.47. The quantitative estimate of drug-likeness (QED) is 0.739. The van der Waals surface area contributed by atoms with Gasteiger partial charge in [0.1, 0.15) is 6.29 Å². The van der Waals surface area contributed by atoms with Crippen LogP contribution in [0.25, 0.3) is 0 Å². The lowest BCUT2D eigenvalue weighted by atomic mass is 10.1. The van der Waals surface area contributed by atoms with Crippen LogP contribution < -0.4 is 5.32 Å². The van der Waals surface area contributed by atoms with Gasteiger partial charge < -0.3 is 15.0 Å². The van der Waals surface area contributed by atoms with Gasteiger partial charge in [-0.25, -0.2) is 0 Å². The highest BCUT2D eigenvalue weighted by atomic mass is 16.1. The van der Waals surface area contributed by atoms with Gasteiger partial charge in [0.2, 0.25) is 0 Å². The molecule has 0 radical (unpaired) electrons. The van der Waals surface area contributed by atoms with Gasteiger partial charge in [-0.1, -0.05) is 29.8 Å². The van der Waals surface area contributed by atoms with Gasteiger partial charge in [0.15, 0.2) is 0 Å². The molecule has 0 amide bonds. The Balaban J connectivity index is 1.70. The lowest BCUT2D eigenvalue weighted by Gasteiger charge is -2.35. The highest BCUT2D eigenvalue weighted by Gasteiger charge is 2.18. The number of piperazine rings is 1. The molecular weight excluding hydrogens is 274 g/mol. The molecule has 0 aliphatic carbocycles. The van der Waals surface area contributed by atoms with E-state index in [-0.39, 0.29) is 5.92 Å². The van der Waals surface area contributed by atoms with E-state index < -0.39 is 0 Å². The Hall–Kier alpha value is -1.23. The monoisotopic (exact) mass is 303 g/mol. The Bertz CT molecular complexity index is 455. The summed E-state index contributed by atoms with van der Waals surface area (Å²) < 4.78 is 0. The van der Waals surface area contributed by atoms with Crippen molar-refractivity contribution in [1.82, 2.24) is 15.1 Å². The zero-order valence-electron chi connectivity index (χ0n) is 13.9. The van der Waals surface area contributed by atoms with Crippen molar-refractivity contribution in [3.63, 3.8) is 0 Å². The maximum atomic E-state index is 11.0. The second-order valence-corrected chi connectivity index (χ2v) is 6.35. The van der Waals surface area contributed by atoms with Crippen LogP contribution in [-0.4, -0.2) is 62.4 Å². The van der Waals surface area contributed by atoms with Gasteiger partial charge in [-0.05, 0) is 32.5 Å². The maximum absolute atomic E-state index is 11.0. The molecule has 1 aliphatic rings. The number of rotatable bonds is 8. The van der Waals surface area contributed by atoms with E-state index >= 15 is 0 Å². The van der Waals surface area contributed by atoms with E-state index in [0.29, 0.717) is 0 Å². The van der Waals surface area contributed by atoms with E-state index in [1.807, 2.05) is 7.05 Å². The fourth-order valence-corrected chi connectivity index (χ4v) is 3.07. The first-order chi connectivity index (χ1) is 10.7. The largest absolute Gasteiger partial charge is 0.319 e. The van der Waals surface area contributed by atoms with Crippen LogP contribution in [0.5, 0.6) is 0 Å². The molecule has 1 heterocycles. The topological polar surface area (TPSA) is 35.6 Å². The van der Waals surface area contributed by atoms with Crippen molar-refractivity contribution in [3.05, 3.63) is 35.4 Å². The van der Waals surface area contributed by atoms with Crippen LogP contribution in [0.4, 0.5) is 0 Å². The first kappa shape index (κ1) is 17.1. The lowest BCUT2D eigenvalue weighted by Crippen LogP contribution is -2.46. The van der Waals surface area contributed by atoms with Crippen LogP contribution in [0.1, 0.15) is 17.5 Å². The van der Waals surface area contributed by atoms with Crippen LogP contribution in [0.15, 0.2) is 24.3 Å². The van der Waals surface area contributed by atoms with Gasteiger partial charge in [0.05, 0.1) is 0 Å². The minimum Gasteiger partial charge on any atom is -0.319 e. The van der Waals surface area contributed by atoms with Crippen LogP contribution in [0.3, 0.4) is 0 Å². The summed E-state index contributed by atoms with van der Waals surface area (Å²) in [5.74, 6) is 0.148. The molecular formula is C18H29N3O. The standard InChI is InChI=1S/C18H29N3O/c1-16-4-3-5-17(12-16)14-21-10-8-20(9-11-21)7-6-18(15-22)13-19-2/h3-5,12,15,18-19H,6-11,13-14H2,1-2H3. The van der Waals surface area contributed by atoms with Crippen molar-refractivity contribution in [2.75, 3.05) is 46.3 Å². The summed E-state index contributed by atoms with van der Waals surface area (Å²) in [6.07, 6.45) is 2.05. The Morgan fingerprint density at radius 3 is 2.59 bits per heavy atom. The number of carbonyl (C=O) groups is 1. The number of hydrogen-bond donors (Lipinski definition) is 1. The Morgan fingerprint density at radius 2 is 1.95 bits per heavy atom. The van der Waals surface area contributed by atoms with Crippen molar-refractivity contribution in [1.29, 1.82) is 0 Å². The van der Waals surface area contributed by atoms with Crippen LogP contribution in [0, 0.1) is 12.8 Å². The third-order valence-corrected chi connectivity index (χ3v) is 4.43. The summed E-state index contributed by atoms with van der Waals surface area (Å²) in [4.78, 5) is 16.0. The molecule has 1 unspecified atom stereocenters. The third kappa shape index (κ3) is 5.52. The van der Waals surface area contributed by atoms with Gasteiger partial charge in [-0.2, -0.15) is 0 Å². The molecule has 0 saturated carbocycles. The van der Waals surface area contributed by atoms with E-state index in [9.17, 15) is 4.79 Å². The van der Waals surface area contributed by atoms with E-state index in [1.54, 1.807) is 0 Å². The molecule has 0 spiro atoms. The Labute approximate surface area is 134 Å². The van der Waals surface area contributed by atoms with Gasteiger partial charge in [0.25, 0.3) is 0 Å². The number of carbonyl (C=O) groups excluding carboxylic acids is 1. The van der Waals surface area contributed by atoms with E-state index in [1.165, 1.54) is 11.1 Å². The molecule has 0 aromatic heterocycles. The molecule has 1 atom stereocenters. The smallest absolute Gasteiger partial charge is 0.124 e. The highest BCUT2D eigenvalue weighted by Crippen LogP contribution is 2.11. The second-order valence-electron chi connectivity index (χ2n) is 6.35. The van der Waals surface area contributed by atoms with E-state index in [0.717, 1.165) is 58.5 Å². The van der Waals surface area contributed by atoms with Crippen molar-refractivity contribution >= 4 is 6.29 Å². The fraction of sp³-hybridized carbons (Fsp3) is 0.611. The molecule has 4 nitrogen and oxygen atoms in total. The van der Waals surface area contributed by atoms with Gasteiger partial charge in [-0.3, -0.25) is 4.90 Å². The molecule has 122 valence electrons. The molecule has 1 aromatic carbocycles. The number of benzene rings is 1. The minimum atomic E-state index is 0.148. The number of aryl methyl sites for hydroxylation is 1. The molecule has 0 bridgehead atoms. The van der Waals surface area contributed by atoms with Gasteiger partial charge in [0, 0.05) is 45.2 Å². The zero-order chi connectivity index (χ0) is 15.8. The molecule has 1 saturated heterocycles. The zero-order valence-corrected chi connectivity index (χ0v) is 13.9. The maximum Gasteiger partial charge on any atom is 0.124 e. The predicted octanol–water partition coefficient (Wildman–Crippen LogP) is 1.54. The van der Waals surface area contributed by atoms with Crippen molar-refractivity contribution < 1.29 is 4.79 Å². The Morgan fingerprint density at radius 1 is 1.23 bits per heavy atom. The molecule has 1 N–H and O–H groups in total. The van der Waals surface area contributed by atoms with Crippen molar-refractivity contribution in [2.45, 2.75) is 19.9 Å². The first-order valence-electron chi connectivity index (χ1n) is 8.31. The predicted molar refractivity (Wildman–Crippen MR) is 91.0 cm³/mol. The molecule has 2 rings (SSSR count). The SMILES string of the molecule is CNCC(C=O)CCN1CCN(Cc2cccc(C)c2)CC1. The van der Waals surface area contributed by atoms with Crippen molar-refractivity contribution in [3.8, 4) is 0 Å². The average molecular weight is 303 g/mol. The summed E-state index contributed by atoms with van der Waals surface area (Å²) in [5, 5.41) is 3.09. The van der Waals surface area contributed by atoms with E-state index in [2.05, 4.69) is 46.3 Å². The minimum absolute atomic E-state index is 0.148. The van der Waals surface area contributed by atoms with Gasteiger partial charge in [-0.15, -0.1) is 0 Å². The summed E-state index contributed by atoms with van der Waals surface area (Å²) in [6, 6.07) is 8.78. The average Bonchev–Trinajstić information content (AvgIpc) is 2.53. The van der Waals surface area contributed by atoms with Crippen LogP contribution in [0.2, 0.25) is 0 Å². The molecule has 22 heavy (non-hydrogen) atoms. The molecule has 1 aromatic rings. The van der Waals surface area contributed by atoms with Crippen LogP contribution in [-0.2, 0) is 11.3 Å². The number of nitrogens with zero attached hydrogens (tertiary/aromatic N) is 2. The molecule has 4 heteroatoms. The third-order valence-electron chi connectivity index (χ3n) is 4.43. The highest BCUT2D eigenvalue weighted by molar-refractivity contribution is 5.53. The number of aldehydes is 1. The van der Waals surface area contributed by atoms with E-state index in [4.69, 9.17) is 0 Å². The summed E-state index contributed by atoms with van der Waals surface area (Å²) >= 11 is 0. The first-order valence-corrected chi connectivity index (χ1v) is 8.31. The number of nitrogens with one attached hydrogen (secondary N) is 1. The Kier molecular flexibility index (Phi) is 7.03. The summed E-state index contributed by atoms with van der Waals surface area (Å²) in [5.41, 5.74) is 2.74. The van der Waals surface area contributed by atoms with Gasteiger partial charge >= 0.3 is 0 Å².